The molecule has 0 saturated carbocycles. The fourth-order valence-electron chi connectivity index (χ4n) is 7.55. The molecule has 4 heterocycles. The average Bonchev–Trinajstić information content (AvgIpc) is 3.60. The molecule has 6 aromatic carbocycles. The van der Waals surface area contributed by atoms with Crippen molar-refractivity contribution >= 4 is 73.1 Å². The minimum Gasteiger partial charge on any atom is -0.458 e. The van der Waals surface area contributed by atoms with E-state index >= 15 is 0 Å². The normalized spacial score (nSPS) is 12.8. The molecule has 0 radical (unpaired) electrons. The third kappa shape index (κ3) is 3.08. The van der Waals surface area contributed by atoms with Crippen LogP contribution in [0.5, 0.6) is 11.5 Å². The van der Waals surface area contributed by atoms with Crippen LogP contribution in [0.4, 0.5) is 17.1 Å². The van der Waals surface area contributed by atoms with Gasteiger partial charge in [0.15, 0.2) is 5.58 Å². The fourth-order valence-corrected chi connectivity index (χ4v) is 7.55. The van der Waals surface area contributed by atoms with Crippen LogP contribution in [0.25, 0.3) is 38.7 Å². The number of nitrogens with zero attached hydrogens (tertiary/aromatic N) is 2. The van der Waals surface area contributed by atoms with Crippen molar-refractivity contribution in [3.8, 4) is 17.2 Å². The SMILES string of the molecule is Cc1cc2c3c(c1)-n1c4c(ccc(N(c5ccccc5)c5ccccc5)c4c4oc5ccccc5c41)B3c1ccccc1O2. The van der Waals surface area contributed by atoms with Gasteiger partial charge in [0.2, 0.25) is 0 Å². The van der Waals surface area contributed by atoms with Crippen LogP contribution in [0.1, 0.15) is 5.56 Å². The van der Waals surface area contributed by atoms with E-state index in [4.69, 9.17) is 9.15 Å². The Morgan fingerprint density at radius 1 is 0.636 bits per heavy atom. The highest BCUT2D eigenvalue weighted by atomic mass is 16.5. The Morgan fingerprint density at radius 2 is 1.34 bits per heavy atom. The van der Waals surface area contributed by atoms with Crippen LogP contribution in [0.15, 0.2) is 138 Å². The lowest BCUT2D eigenvalue weighted by molar-refractivity contribution is 0.487. The summed E-state index contributed by atoms with van der Waals surface area (Å²) < 4.78 is 15.9. The van der Waals surface area contributed by atoms with Crippen molar-refractivity contribution in [2.75, 3.05) is 4.90 Å². The maximum atomic E-state index is 6.84. The highest BCUT2D eigenvalue weighted by molar-refractivity contribution is 6.99. The van der Waals surface area contributed by atoms with Gasteiger partial charge in [-0.25, -0.2) is 0 Å². The van der Waals surface area contributed by atoms with Gasteiger partial charge in [0, 0.05) is 22.4 Å². The summed E-state index contributed by atoms with van der Waals surface area (Å²) in [4.78, 5) is 2.35. The van der Waals surface area contributed by atoms with E-state index in [2.05, 4.69) is 144 Å². The summed E-state index contributed by atoms with van der Waals surface area (Å²) in [5.74, 6) is 1.85. The van der Waals surface area contributed by atoms with Crippen LogP contribution in [0.2, 0.25) is 0 Å². The maximum Gasteiger partial charge on any atom is 0.256 e. The number of anilines is 3. The molecule has 0 spiro atoms. The summed E-state index contributed by atoms with van der Waals surface area (Å²) in [6.07, 6.45) is 0. The smallest absolute Gasteiger partial charge is 0.256 e. The molecule has 0 saturated heterocycles. The number of aromatic nitrogens is 1. The van der Waals surface area contributed by atoms with Crippen LogP contribution in [-0.4, -0.2) is 11.3 Å². The Kier molecular flexibility index (Phi) is 4.70. The zero-order valence-corrected chi connectivity index (χ0v) is 24.0. The molecule has 8 aromatic rings. The maximum absolute atomic E-state index is 6.84. The summed E-state index contributed by atoms with van der Waals surface area (Å²) >= 11 is 0. The third-order valence-electron chi connectivity index (χ3n) is 9.26. The Labute approximate surface area is 254 Å². The largest absolute Gasteiger partial charge is 0.458 e. The first-order chi connectivity index (χ1) is 21.8. The average molecular weight is 564 g/mol. The zero-order chi connectivity index (χ0) is 28.9. The summed E-state index contributed by atoms with van der Waals surface area (Å²) in [6, 6.07) is 47.2. The van der Waals surface area contributed by atoms with Crippen LogP contribution in [0, 0.1) is 6.92 Å². The van der Waals surface area contributed by atoms with E-state index in [9.17, 15) is 0 Å². The Balaban J connectivity index is 1.42. The lowest BCUT2D eigenvalue weighted by atomic mass is 9.34. The van der Waals surface area contributed by atoms with Crippen LogP contribution in [-0.2, 0) is 0 Å². The summed E-state index contributed by atoms with van der Waals surface area (Å²) in [5.41, 5.74) is 13.3. The molecule has 0 atom stereocenters. The predicted molar refractivity (Wildman–Crippen MR) is 181 cm³/mol. The Morgan fingerprint density at radius 3 is 2.14 bits per heavy atom. The van der Waals surface area contributed by atoms with Crippen LogP contribution >= 0.6 is 0 Å². The van der Waals surface area contributed by atoms with Gasteiger partial charge in [0.05, 0.1) is 16.6 Å². The fraction of sp³-hybridized carbons (Fsp3) is 0.0256. The van der Waals surface area contributed by atoms with Crippen molar-refractivity contribution in [3.63, 3.8) is 0 Å². The summed E-state index contributed by atoms with van der Waals surface area (Å²) in [6.45, 7) is 2.20. The minimum atomic E-state index is 0.0433. The number of furan rings is 1. The van der Waals surface area contributed by atoms with E-state index in [0.717, 1.165) is 67.3 Å². The number of ether oxygens (including phenoxy) is 1. The summed E-state index contributed by atoms with van der Waals surface area (Å²) in [7, 11) is 0. The van der Waals surface area contributed by atoms with Gasteiger partial charge in [-0.1, -0.05) is 72.8 Å². The highest BCUT2D eigenvalue weighted by Gasteiger charge is 2.42. The van der Waals surface area contributed by atoms with Gasteiger partial charge in [-0.3, -0.25) is 0 Å². The molecule has 2 aromatic heterocycles. The van der Waals surface area contributed by atoms with E-state index in [1.165, 1.54) is 21.9 Å². The first kappa shape index (κ1) is 23.8. The molecule has 0 N–H and O–H groups in total. The van der Waals surface area contributed by atoms with Crippen molar-refractivity contribution in [2.45, 2.75) is 6.92 Å². The lowest BCUT2D eigenvalue weighted by Gasteiger charge is -2.34. The van der Waals surface area contributed by atoms with Gasteiger partial charge in [0.1, 0.15) is 22.6 Å². The number of aryl methyl sites for hydroxylation is 1. The number of fused-ring (bicyclic) bond motifs is 9. The van der Waals surface area contributed by atoms with Gasteiger partial charge >= 0.3 is 0 Å². The standard InChI is InChI=1S/C39H25BN2O2/c1-24-22-31-36-34(23-24)43-33-19-11-9-17-28(33)40(36)29-20-21-30(41(25-12-4-2-5-13-25)26-14-6-3-7-15-26)35-38(29)42(31)37-27-16-8-10-18-32(27)44-39(35)37/h2-23H,1H3. The van der Waals surface area contributed by atoms with E-state index in [0.29, 0.717) is 0 Å². The summed E-state index contributed by atoms with van der Waals surface area (Å²) in [5, 5.41) is 2.21. The van der Waals surface area contributed by atoms with Crippen LogP contribution < -0.4 is 26.0 Å². The van der Waals surface area contributed by atoms with E-state index in [-0.39, 0.29) is 6.71 Å². The quantitative estimate of drug-likeness (QED) is 0.203. The number of para-hydroxylation sites is 4. The first-order valence-electron chi connectivity index (χ1n) is 15.1. The number of hydrogen-bond donors (Lipinski definition) is 0. The monoisotopic (exact) mass is 564 g/mol. The van der Waals surface area contributed by atoms with Crippen molar-refractivity contribution in [1.29, 1.82) is 0 Å². The van der Waals surface area contributed by atoms with Crippen LogP contribution in [0.3, 0.4) is 0 Å². The predicted octanol–water partition coefficient (Wildman–Crippen LogP) is 8.24. The number of hydrogen-bond acceptors (Lipinski definition) is 3. The van der Waals surface area contributed by atoms with Crippen molar-refractivity contribution in [1.82, 2.24) is 4.57 Å². The lowest BCUT2D eigenvalue weighted by Crippen LogP contribution is -2.58. The van der Waals surface area contributed by atoms with Crippen molar-refractivity contribution in [2.24, 2.45) is 0 Å². The van der Waals surface area contributed by atoms with Crippen molar-refractivity contribution in [3.05, 3.63) is 139 Å². The van der Waals surface area contributed by atoms with Gasteiger partial charge in [0.25, 0.3) is 6.71 Å². The number of rotatable bonds is 3. The number of benzene rings is 6. The van der Waals surface area contributed by atoms with Crippen molar-refractivity contribution < 1.29 is 9.15 Å². The topological polar surface area (TPSA) is 30.5 Å². The van der Waals surface area contributed by atoms with E-state index in [1.54, 1.807) is 0 Å². The van der Waals surface area contributed by atoms with Gasteiger partial charge in [-0.05, 0) is 89.5 Å². The zero-order valence-electron chi connectivity index (χ0n) is 24.0. The Hall–Kier alpha value is -5.68. The second-order valence-electron chi connectivity index (χ2n) is 11.8. The van der Waals surface area contributed by atoms with E-state index in [1.807, 2.05) is 6.07 Å². The van der Waals surface area contributed by atoms with Gasteiger partial charge in [-0.2, -0.15) is 0 Å². The molecule has 2 aliphatic heterocycles. The molecule has 5 heteroatoms. The molecule has 0 amide bonds. The molecule has 0 unspecified atom stereocenters. The minimum absolute atomic E-state index is 0.0433. The molecule has 0 bridgehead atoms. The van der Waals surface area contributed by atoms with Gasteiger partial charge < -0.3 is 18.6 Å². The molecular weight excluding hydrogens is 539 g/mol. The van der Waals surface area contributed by atoms with Gasteiger partial charge in [-0.15, -0.1) is 0 Å². The molecule has 2 aliphatic rings. The molecule has 10 rings (SSSR count). The molecule has 4 nitrogen and oxygen atoms in total. The molecule has 44 heavy (non-hydrogen) atoms. The second-order valence-corrected chi connectivity index (χ2v) is 11.8. The first-order valence-corrected chi connectivity index (χ1v) is 15.1. The molecule has 206 valence electrons. The molecule has 0 fully saturated rings. The third-order valence-corrected chi connectivity index (χ3v) is 9.26. The molecular formula is C39H25BN2O2. The second kappa shape index (κ2) is 8.68. The highest BCUT2D eigenvalue weighted by Crippen LogP contribution is 2.47. The molecule has 0 aliphatic carbocycles. The Bertz CT molecular complexity index is 2400. The van der Waals surface area contributed by atoms with E-state index < -0.39 is 0 Å².